The van der Waals surface area contributed by atoms with Crippen molar-refractivity contribution in [1.29, 1.82) is 0 Å². The minimum Gasteiger partial charge on any atom is -0.435 e. The van der Waals surface area contributed by atoms with Crippen LogP contribution in [0.5, 0.6) is 11.6 Å². The summed E-state index contributed by atoms with van der Waals surface area (Å²) >= 11 is 5.91. The van der Waals surface area contributed by atoms with Gasteiger partial charge in [-0.3, -0.25) is 0 Å². The number of ether oxygens (including phenoxy) is 1. The average molecular weight is 261 g/mol. The van der Waals surface area contributed by atoms with E-state index in [-0.39, 0.29) is 0 Å². The van der Waals surface area contributed by atoms with E-state index in [1.165, 1.54) is 0 Å². The third-order valence-corrected chi connectivity index (χ3v) is 2.71. The summed E-state index contributed by atoms with van der Waals surface area (Å²) in [4.78, 5) is 4.16. The number of nitrogen functional groups attached to an aromatic ring is 1. The highest BCUT2D eigenvalue weighted by Crippen LogP contribution is 2.30. The van der Waals surface area contributed by atoms with E-state index in [0.29, 0.717) is 22.3 Å². The van der Waals surface area contributed by atoms with Gasteiger partial charge >= 0.3 is 0 Å². The molecule has 0 amide bonds. The number of rotatable bonds is 2. The van der Waals surface area contributed by atoms with Crippen molar-refractivity contribution in [3.63, 3.8) is 0 Å². The monoisotopic (exact) mass is 260 g/mol. The van der Waals surface area contributed by atoms with E-state index in [4.69, 9.17) is 22.1 Å². The molecule has 1 aromatic carbocycles. The van der Waals surface area contributed by atoms with Gasteiger partial charge in [0, 0.05) is 23.5 Å². The van der Waals surface area contributed by atoms with Gasteiger partial charge in [-0.1, -0.05) is 11.6 Å². The molecular formula is C12H9ClN4O. The molecule has 0 radical (unpaired) electrons. The molecule has 0 fully saturated rings. The van der Waals surface area contributed by atoms with Crippen LogP contribution in [0.3, 0.4) is 0 Å². The summed E-state index contributed by atoms with van der Waals surface area (Å²) < 4.78 is 7.35. The van der Waals surface area contributed by atoms with Crippen LogP contribution in [0.25, 0.3) is 5.52 Å². The number of hydrogen-bond acceptors (Lipinski definition) is 4. The second-order valence-electron chi connectivity index (χ2n) is 3.68. The number of benzene rings is 1. The Morgan fingerprint density at radius 1 is 1.22 bits per heavy atom. The van der Waals surface area contributed by atoms with E-state index in [2.05, 4.69) is 10.1 Å². The van der Waals surface area contributed by atoms with Crippen LogP contribution in [-0.2, 0) is 0 Å². The first-order chi connectivity index (χ1) is 8.74. The minimum absolute atomic E-state index is 0.434. The van der Waals surface area contributed by atoms with Crippen LogP contribution in [0.2, 0.25) is 5.02 Å². The van der Waals surface area contributed by atoms with Gasteiger partial charge in [0.2, 0.25) is 5.88 Å². The van der Waals surface area contributed by atoms with E-state index in [1.807, 2.05) is 6.07 Å². The Morgan fingerprint density at radius 3 is 3.00 bits per heavy atom. The maximum atomic E-state index is 5.91. The van der Waals surface area contributed by atoms with E-state index in [1.54, 1.807) is 41.3 Å². The molecule has 2 aromatic heterocycles. The van der Waals surface area contributed by atoms with Crippen molar-refractivity contribution in [3.05, 3.63) is 47.9 Å². The molecule has 3 aromatic rings. The zero-order valence-corrected chi connectivity index (χ0v) is 10.0. The van der Waals surface area contributed by atoms with Crippen molar-refractivity contribution in [2.45, 2.75) is 0 Å². The fourth-order valence-electron chi connectivity index (χ4n) is 1.61. The molecule has 3 rings (SSSR count). The molecule has 5 nitrogen and oxygen atoms in total. The van der Waals surface area contributed by atoms with Gasteiger partial charge in [0.1, 0.15) is 5.52 Å². The average Bonchev–Trinajstić information content (AvgIpc) is 2.83. The lowest BCUT2D eigenvalue weighted by atomic mass is 10.3. The molecule has 0 aliphatic rings. The van der Waals surface area contributed by atoms with Gasteiger partial charge in [0.15, 0.2) is 5.75 Å². The Hall–Kier alpha value is -2.27. The van der Waals surface area contributed by atoms with E-state index < -0.39 is 0 Å². The molecule has 0 spiro atoms. The van der Waals surface area contributed by atoms with Crippen LogP contribution >= 0.6 is 11.6 Å². The van der Waals surface area contributed by atoms with Gasteiger partial charge in [-0.25, -0.2) is 9.50 Å². The summed E-state index contributed by atoms with van der Waals surface area (Å²) in [6.45, 7) is 0. The van der Waals surface area contributed by atoms with Crippen LogP contribution < -0.4 is 10.5 Å². The van der Waals surface area contributed by atoms with Crippen molar-refractivity contribution >= 4 is 22.8 Å². The first kappa shape index (κ1) is 10.9. The lowest BCUT2D eigenvalue weighted by molar-refractivity contribution is 0.468. The number of hydrogen-bond donors (Lipinski definition) is 1. The van der Waals surface area contributed by atoms with E-state index in [9.17, 15) is 0 Å². The molecule has 2 N–H and O–H groups in total. The highest BCUT2D eigenvalue weighted by Gasteiger charge is 2.08. The molecule has 90 valence electrons. The molecule has 2 heterocycles. The lowest BCUT2D eigenvalue weighted by Crippen LogP contribution is -1.96. The lowest BCUT2D eigenvalue weighted by Gasteiger charge is -2.08. The number of aromatic nitrogens is 3. The first-order valence-corrected chi connectivity index (χ1v) is 5.63. The number of halogens is 1. The van der Waals surface area contributed by atoms with Crippen LogP contribution in [0, 0.1) is 0 Å². The second kappa shape index (κ2) is 4.19. The Morgan fingerprint density at radius 2 is 2.11 bits per heavy atom. The van der Waals surface area contributed by atoms with Gasteiger partial charge in [-0.2, -0.15) is 5.10 Å². The Balaban J connectivity index is 2.06. The molecule has 0 aliphatic heterocycles. The van der Waals surface area contributed by atoms with Crippen LogP contribution in [-0.4, -0.2) is 14.6 Å². The SMILES string of the molecule is Nc1ccc(Cl)cc1Oc1nccn2nccc12. The smallest absolute Gasteiger partial charge is 0.245 e. The molecule has 0 saturated carbocycles. The van der Waals surface area contributed by atoms with Gasteiger partial charge in [-0.05, 0) is 18.2 Å². The summed E-state index contributed by atoms with van der Waals surface area (Å²) in [6, 6.07) is 6.85. The van der Waals surface area contributed by atoms with Gasteiger partial charge in [0.25, 0.3) is 0 Å². The third-order valence-electron chi connectivity index (χ3n) is 2.47. The summed E-state index contributed by atoms with van der Waals surface area (Å²) in [5.41, 5.74) is 7.09. The minimum atomic E-state index is 0.434. The zero-order chi connectivity index (χ0) is 12.5. The quantitative estimate of drug-likeness (QED) is 0.720. The summed E-state index contributed by atoms with van der Waals surface area (Å²) in [7, 11) is 0. The summed E-state index contributed by atoms with van der Waals surface area (Å²) in [6.07, 6.45) is 5.02. The van der Waals surface area contributed by atoms with Crippen molar-refractivity contribution in [1.82, 2.24) is 14.6 Å². The molecule has 0 atom stereocenters. The normalized spacial score (nSPS) is 10.7. The summed E-state index contributed by atoms with van der Waals surface area (Å²) in [5, 5.41) is 4.66. The van der Waals surface area contributed by atoms with Gasteiger partial charge in [-0.15, -0.1) is 0 Å². The Bertz CT molecular complexity index is 710. The van der Waals surface area contributed by atoms with E-state index >= 15 is 0 Å². The Labute approximate surface area is 108 Å². The van der Waals surface area contributed by atoms with Gasteiger partial charge < -0.3 is 10.5 Å². The molecule has 0 aliphatic carbocycles. The van der Waals surface area contributed by atoms with Crippen LogP contribution in [0.4, 0.5) is 5.69 Å². The summed E-state index contributed by atoms with van der Waals surface area (Å²) in [5.74, 6) is 0.910. The molecular weight excluding hydrogens is 252 g/mol. The number of fused-ring (bicyclic) bond motifs is 1. The largest absolute Gasteiger partial charge is 0.435 e. The van der Waals surface area contributed by atoms with Gasteiger partial charge in [0.05, 0.1) is 11.9 Å². The predicted octanol–water partition coefficient (Wildman–Crippen LogP) is 2.76. The predicted molar refractivity (Wildman–Crippen MR) is 68.9 cm³/mol. The van der Waals surface area contributed by atoms with Crippen molar-refractivity contribution in [2.75, 3.05) is 5.73 Å². The van der Waals surface area contributed by atoms with Crippen molar-refractivity contribution < 1.29 is 4.74 Å². The Kier molecular flexibility index (Phi) is 2.53. The number of anilines is 1. The molecule has 6 heteroatoms. The maximum Gasteiger partial charge on any atom is 0.245 e. The van der Waals surface area contributed by atoms with Crippen LogP contribution in [0.1, 0.15) is 0 Å². The van der Waals surface area contributed by atoms with Crippen LogP contribution in [0.15, 0.2) is 42.9 Å². The molecule has 0 bridgehead atoms. The topological polar surface area (TPSA) is 65.4 Å². The third kappa shape index (κ3) is 1.84. The fourth-order valence-corrected chi connectivity index (χ4v) is 1.77. The van der Waals surface area contributed by atoms with Crippen molar-refractivity contribution in [2.24, 2.45) is 0 Å². The second-order valence-corrected chi connectivity index (χ2v) is 4.11. The van der Waals surface area contributed by atoms with E-state index in [0.717, 1.165) is 5.52 Å². The molecule has 0 saturated heterocycles. The fraction of sp³-hybridized carbons (Fsp3) is 0. The highest BCUT2D eigenvalue weighted by atomic mass is 35.5. The van der Waals surface area contributed by atoms with Crippen molar-refractivity contribution in [3.8, 4) is 11.6 Å². The first-order valence-electron chi connectivity index (χ1n) is 5.25. The maximum absolute atomic E-state index is 5.91. The standard InChI is InChI=1S/C12H9ClN4O/c13-8-1-2-9(14)11(7-8)18-12-10-3-4-16-17(10)6-5-15-12/h1-7H,14H2. The highest BCUT2D eigenvalue weighted by molar-refractivity contribution is 6.30. The number of nitrogens with zero attached hydrogens (tertiary/aromatic N) is 3. The zero-order valence-electron chi connectivity index (χ0n) is 9.25. The molecule has 0 unspecified atom stereocenters. The molecule has 18 heavy (non-hydrogen) atoms. The number of nitrogens with two attached hydrogens (primary N) is 1.